The van der Waals surface area contributed by atoms with Gasteiger partial charge in [-0.3, -0.25) is 4.68 Å². The van der Waals surface area contributed by atoms with Crippen LogP contribution in [0.25, 0.3) is 0 Å². The molecule has 0 radical (unpaired) electrons. The monoisotopic (exact) mass is 373 g/mol. The minimum Gasteiger partial charge on any atom is -0.399 e. The molecule has 0 aliphatic heterocycles. The van der Waals surface area contributed by atoms with Gasteiger partial charge in [0.2, 0.25) is 0 Å². The minimum absolute atomic E-state index is 0.126. The lowest BCUT2D eigenvalue weighted by Gasteiger charge is -2.19. The molecular weight excluding hydrogens is 362 g/mol. The maximum Gasteiger partial charge on any atom is 0.459 e. The van der Waals surface area contributed by atoms with Crippen molar-refractivity contribution in [3.05, 3.63) is 46.8 Å². The highest BCUT2D eigenvalue weighted by molar-refractivity contribution is 5.47. The molecule has 0 amide bonds. The van der Waals surface area contributed by atoms with E-state index in [1.165, 1.54) is 18.2 Å². The van der Waals surface area contributed by atoms with Gasteiger partial charge in [0.15, 0.2) is 5.69 Å². The molecule has 2 aromatic rings. The number of hydrogen-bond donors (Lipinski definition) is 1. The third kappa shape index (κ3) is 3.69. The van der Waals surface area contributed by atoms with Crippen LogP contribution in [0.2, 0.25) is 0 Å². The highest BCUT2D eigenvalue weighted by Gasteiger charge is 2.63. The number of anilines is 1. The van der Waals surface area contributed by atoms with Crippen LogP contribution in [0.3, 0.4) is 0 Å². The van der Waals surface area contributed by atoms with E-state index in [1.807, 2.05) is 0 Å². The van der Waals surface area contributed by atoms with E-state index >= 15 is 0 Å². The molecule has 1 aromatic carbocycles. The molecule has 2 N–H and O–H groups in total. The number of nitrogens with zero attached hydrogens (tertiary/aromatic N) is 2. The largest absolute Gasteiger partial charge is 0.459 e. The Balaban J connectivity index is 2.50. The van der Waals surface area contributed by atoms with Crippen LogP contribution >= 0.6 is 0 Å². The average molecular weight is 373 g/mol. The van der Waals surface area contributed by atoms with E-state index in [1.54, 1.807) is 6.92 Å². The van der Waals surface area contributed by atoms with Crippen molar-refractivity contribution in [1.29, 1.82) is 0 Å². The van der Waals surface area contributed by atoms with E-state index in [2.05, 4.69) is 5.10 Å². The van der Waals surface area contributed by atoms with Crippen LogP contribution < -0.4 is 5.73 Å². The maximum absolute atomic E-state index is 13.4. The number of alkyl halides is 8. The molecule has 0 aliphatic rings. The summed E-state index contributed by atoms with van der Waals surface area (Å²) >= 11 is 0. The summed E-state index contributed by atoms with van der Waals surface area (Å²) in [4.78, 5) is 0. The predicted octanol–water partition coefficient (Wildman–Crippen LogP) is 4.49. The Kier molecular flexibility index (Phi) is 4.47. The van der Waals surface area contributed by atoms with Crippen LogP contribution in [-0.4, -0.2) is 16.0 Å². The molecule has 0 fully saturated rings. The van der Waals surface area contributed by atoms with Crippen molar-refractivity contribution in [2.24, 2.45) is 0 Å². The molecule has 0 aliphatic carbocycles. The van der Waals surface area contributed by atoms with E-state index in [0.29, 0.717) is 21.5 Å². The first kappa shape index (κ1) is 19.0. The molecule has 25 heavy (non-hydrogen) atoms. The Morgan fingerprint density at radius 3 is 2.12 bits per heavy atom. The lowest BCUT2D eigenvalue weighted by molar-refractivity contribution is -0.292. The molecule has 138 valence electrons. The number of hydrogen-bond acceptors (Lipinski definition) is 2. The van der Waals surface area contributed by atoms with Crippen LogP contribution in [0.1, 0.15) is 22.4 Å². The fraction of sp³-hybridized carbons (Fsp3) is 0.357. The van der Waals surface area contributed by atoms with Crippen molar-refractivity contribution >= 4 is 5.69 Å². The lowest BCUT2D eigenvalue weighted by Crippen LogP contribution is -2.36. The Labute approximate surface area is 136 Å². The SMILES string of the molecule is Cc1cc(Cn2cc(C(F)(F)F)c(C(F)(F)C(F)(F)F)n2)ccc1N. The Hall–Kier alpha value is -2.33. The van der Waals surface area contributed by atoms with Gasteiger partial charge in [0.05, 0.1) is 6.54 Å². The standard InChI is InChI=1S/C14H11F8N3/c1-7-4-8(2-3-10(7)23)5-25-6-9(13(17,18)19)11(24-25)12(15,16)14(20,21)22/h2-4,6H,5,23H2,1H3. The third-order valence-corrected chi connectivity index (χ3v) is 3.40. The van der Waals surface area contributed by atoms with Crippen molar-refractivity contribution in [1.82, 2.24) is 9.78 Å². The van der Waals surface area contributed by atoms with Crippen LogP contribution in [0, 0.1) is 6.92 Å². The van der Waals surface area contributed by atoms with Crippen LogP contribution in [-0.2, 0) is 18.6 Å². The van der Waals surface area contributed by atoms with E-state index in [-0.39, 0.29) is 6.20 Å². The molecule has 0 unspecified atom stereocenters. The Morgan fingerprint density at radius 2 is 1.64 bits per heavy atom. The highest BCUT2D eigenvalue weighted by Crippen LogP contribution is 2.47. The van der Waals surface area contributed by atoms with Crippen LogP contribution in [0.15, 0.2) is 24.4 Å². The van der Waals surface area contributed by atoms with E-state index in [4.69, 9.17) is 5.73 Å². The normalized spacial score (nSPS) is 13.3. The maximum atomic E-state index is 13.4. The van der Waals surface area contributed by atoms with E-state index < -0.39 is 36.1 Å². The van der Waals surface area contributed by atoms with Gasteiger partial charge in [0.25, 0.3) is 0 Å². The second kappa shape index (κ2) is 5.88. The van der Waals surface area contributed by atoms with Gasteiger partial charge in [-0.15, -0.1) is 0 Å². The first-order chi connectivity index (χ1) is 11.2. The van der Waals surface area contributed by atoms with Crippen molar-refractivity contribution in [2.45, 2.75) is 31.7 Å². The molecule has 2 rings (SSSR count). The first-order valence-electron chi connectivity index (χ1n) is 6.68. The molecule has 1 heterocycles. The van der Waals surface area contributed by atoms with Gasteiger partial charge in [0.1, 0.15) is 5.56 Å². The minimum atomic E-state index is -6.20. The summed E-state index contributed by atoms with van der Waals surface area (Å²) in [6.07, 6.45) is -11.5. The first-order valence-corrected chi connectivity index (χ1v) is 6.68. The second-order valence-electron chi connectivity index (χ2n) is 5.35. The fourth-order valence-corrected chi connectivity index (χ4v) is 2.10. The molecule has 0 saturated heterocycles. The zero-order valence-electron chi connectivity index (χ0n) is 12.5. The third-order valence-electron chi connectivity index (χ3n) is 3.40. The van der Waals surface area contributed by atoms with Crippen LogP contribution in [0.4, 0.5) is 40.8 Å². The van der Waals surface area contributed by atoms with Gasteiger partial charge >= 0.3 is 18.3 Å². The molecule has 1 aromatic heterocycles. The molecule has 3 nitrogen and oxygen atoms in total. The summed E-state index contributed by atoms with van der Waals surface area (Å²) in [7, 11) is 0. The van der Waals surface area contributed by atoms with Gasteiger partial charge in [0, 0.05) is 11.9 Å². The molecule has 0 saturated carbocycles. The summed E-state index contributed by atoms with van der Waals surface area (Å²) in [5, 5.41) is 2.86. The second-order valence-corrected chi connectivity index (χ2v) is 5.35. The lowest BCUT2D eigenvalue weighted by atomic mass is 10.1. The molecule has 11 heteroatoms. The quantitative estimate of drug-likeness (QED) is 0.636. The zero-order chi connectivity index (χ0) is 19.2. The highest BCUT2D eigenvalue weighted by atomic mass is 19.4. The number of aryl methyl sites for hydroxylation is 1. The molecule has 0 atom stereocenters. The summed E-state index contributed by atoms with van der Waals surface area (Å²) in [6, 6.07) is 4.30. The molecule has 0 bridgehead atoms. The van der Waals surface area contributed by atoms with Crippen molar-refractivity contribution < 1.29 is 35.1 Å². The van der Waals surface area contributed by atoms with Gasteiger partial charge in [-0.2, -0.15) is 40.2 Å². The summed E-state index contributed by atoms with van der Waals surface area (Å²) in [5.74, 6) is -5.74. The van der Waals surface area contributed by atoms with Gasteiger partial charge < -0.3 is 5.73 Å². The number of nitrogen functional groups attached to an aromatic ring is 1. The molecular formula is C14H11F8N3. The van der Waals surface area contributed by atoms with Crippen LogP contribution in [0.5, 0.6) is 0 Å². The van der Waals surface area contributed by atoms with Crippen molar-refractivity contribution in [3.63, 3.8) is 0 Å². The van der Waals surface area contributed by atoms with Gasteiger partial charge in [-0.1, -0.05) is 12.1 Å². The van der Waals surface area contributed by atoms with E-state index in [0.717, 1.165) is 0 Å². The number of rotatable bonds is 3. The summed E-state index contributed by atoms with van der Waals surface area (Å²) in [6.45, 7) is 1.17. The summed E-state index contributed by atoms with van der Waals surface area (Å²) < 4.78 is 103. The van der Waals surface area contributed by atoms with Gasteiger partial charge in [-0.05, 0) is 24.1 Å². The fourth-order valence-electron chi connectivity index (χ4n) is 2.10. The number of aromatic nitrogens is 2. The average Bonchev–Trinajstić information content (AvgIpc) is 2.86. The topological polar surface area (TPSA) is 43.8 Å². The number of benzene rings is 1. The predicted molar refractivity (Wildman–Crippen MR) is 71.9 cm³/mol. The summed E-state index contributed by atoms with van der Waals surface area (Å²) in [5.41, 5.74) is 2.37. The zero-order valence-corrected chi connectivity index (χ0v) is 12.5. The smallest absolute Gasteiger partial charge is 0.399 e. The van der Waals surface area contributed by atoms with Gasteiger partial charge in [-0.25, -0.2) is 0 Å². The van der Waals surface area contributed by atoms with Crippen molar-refractivity contribution in [3.8, 4) is 0 Å². The Morgan fingerprint density at radius 1 is 1.04 bits per heavy atom. The number of halogens is 8. The molecule has 0 spiro atoms. The Bertz CT molecular complexity index is 773. The van der Waals surface area contributed by atoms with Crippen molar-refractivity contribution in [2.75, 3.05) is 5.73 Å². The number of nitrogens with two attached hydrogens (primary N) is 1. The van der Waals surface area contributed by atoms with E-state index in [9.17, 15) is 35.1 Å².